The molecule has 3 rings (SSSR count). The van der Waals surface area contributed by atoms with Gasteiger partial charge in [-0.25, -0.2) is 0 Å². The van der Waals surface area contributed by atoms with Crippen molar-refractivity contribution in [2.75, 3.05) is 46.4 Å². The fraction of sp³-hybridized carbons (Fsp3) is 0.600. The number of ether oxygens (including phenoxy) is 1. The average Bonchev–Trinajstić information content (AvgIpc) is 2.77. The van der Waals surface area contributed by atoms with E-state index in [4.69, 9.17) is 4.74 Å². The Labute approximate surface area is 208 Å². The lowest BCUT2D eigenvalue weighted by molar-refractivity contribution is 0.0340. The zero-order valence-electron chi connectivity index (χ0n) is 22.7. The first-order valence-electron chi connectivity index (χ1n) is 12.9. The van der Waals surface area contributed by atoms with Gasteiger partial charge in [-0.1, -0.05) is 84.0 Å². The summed E-state index contributed by atoms with van der Waals surface area (Å²) in [5.41, 5.74) is 7.42. The van der Waals surface area contributed by atoms with Crippen LogP contribution in [0.15, 0.2) is 42.5 Å². The van der Waals surface area contributed by atoms with Crippen LogP contribution >= 0.6 is 0 Å². The van der Waals surface area contributed by atoms with Crippen LogP contribution in [0.4, 0.5) is 0 Å². The largest absolute Gasteiger partial charge is 0.379 e. The molecule has 1 heterocycles. The highest BCUT2D eigenvalue weighted by Gasteiger charge is 2.21. The number of nitrogens with one attached hydrogen (secondary N) is 1. The van der Waals surface area contributed by atoms with Gasteiger partial charge in [0.15, 0.2) is 0 Å². The van der Waals surface area contributed by atoms with E-state index in [2.05, 4.69) is 106 Å². The summed E-state index contributed by atoms with van der Waals surface area (Å²) < 4.78 is 5.53. The minimum atomic E-state index is 0.138. The van der Waals surface area contributed by atoms with E-state index in [9.17, 15) is 0 Å². The monoisotopic (exact) mass is 465 g/mol. The summed E-state index contributed by atoms with van der Waals surface area (Å²) in [6.45, 7) is 22.5. The van der Waals surface area contributed by atoms with Crippen molar-refractivity contribution in [3.8, 4) is 0 Å². The number of hydrogen-bond donors (Lipinski definition) is 1. The second-order valence-corrected chi connectivity index (χ2v) is 12.0. The van der Waals surface area contributed by atoms with Gasteiger partial charge in [0.25, 0.3) is 0 Å². The molecule has 188 valence electrons. The van der Waals surface area contributed by atoms with Crippen molar-refractivity contribution in [1.82, 2.24) is 15.1 Å². The first-order chi connectivity index (χ1) is 16.0. The summed E-state index contributed by atoms with van der Waals surface area (Å²) in [4.78, 5) is 4.94. The maximum Gasteiger partial charge on any atom is 0.0594 e. The molecule has 0 amide bonds. The van der Waals surface area contributed by atoms with E-state index in [-0.39, 0.29) is 10.8 Å². The molecule has 0 aromatic heterocycles. The van der Waals surface area contributed by atoms with Crippen molar-refractivity contribution in [2.45, 2.75) is 72.0 Å². The van der Waals surface area contributed by atoms with E-state index in [0.29, 0.717) is 0 Å². The molecule has 0 radical (unpaired) electrons. The van der Waals surface area contributed by atoms with Crippen LogP contribution in [0.5, 0.6) is 0 Å². The van der Waals surface area contributed by atoms with Crippen LogP contribution in [0.2, 0.25) is 0 Å². The second-order valence-electron chi connectivity index (χ2n) is 12.0. The van der Waals surface area contributed by atoms with Crippen molar-refractivity contribution in [1.29, 1.82) is 0 Å². The minimum Gasteiger partial charge on any atom is -0.379 e. The molecular formula is C30H47N3O. The molecule has 1 N–H and O–H groups in total. The molecule has 1 aliphatic rings. The van der Waals surface area contributed by atoms with Gasteiger partial charge in [-0.3, -0.25) is 4.90 Å². The summed E-state index contributed by atoms with van der Waals surface area (Å²) >= 11 is 0. The molecule has 0 bridgehead atoms. The highest BCUT2D eigenvalue weighted by atomic mass is 16.5. The average molecular weight is 466 g/mol. The highest BCUT2D eigenvalue weighted by molar-refractivity contribution is 5.37. The normalized spacial score (nSPS) is 15.8. The lowest BCUT2D eigenvalue weighted by Gasteiger charge is -2.30. The van der Waals surface area contributed by atoms with Gasteiger partial charge in [-0.05, 0) is 45.7 Å². The first kappa shape index (κ1) is 26.9. The molecule has 0 spiro atoms. The molecule has 2 aromatic carbocycles. The zero-order chi connectivity index (χ0) is 24.8. The third-order valence-electron chi connectivity index (χ3n) is 6.72. The Kier molecular flexibility index (Phi) is 9.34. The molecular weight excluding hydrogens is 418 g/mol. The molecule has 1 aliphatic heterocycles. The molecule has 4 heteroatoms. The molecule has 0 unspecified atom stereocenters. The number of likely N-dealkylation sites (N-methyl/N-ethyl adjacent to an activating group) is 1. The summed E-state index contributed by atoms with van der Waals surface area (Å²) in [6.07, 6.45) is 0. The van der Waals surface area contributed by atoms with Gasteiger partial charge >= 0.3 is 0 Å². The van der Waals surface area contributed by atoms with E-state index in [1.807, 2.05) is 0 Å². The Hall–Kier alpha value is -1.72. The standard InChI is InChI=1S/C30H47N3O/c1-29(2,3)27-10-8-9-24(19-27)21-31-13-14-32(7)22-25-11-12-26(28(20-25)30(4,5)6)23-33-15-17-34-18-16-33/h8-12,19-20,31H,13-18,21-23H2,1-7H3. The Balaban J connectivity index is 1.52. The minimum absolute atomic E-state index is 0.138. The molecule has 1 fully saturated rings. The van der Waals surface area contributed by atoms with Gasteiger partial charge in [-0.2, -0.15) is 0 Å². The van der Waals surface area contributed by atoms with Crippen molar-refractivity contribution >= 4 is 0 Å². The summed E-state index contributed by atoms with van der Waals surface area (Å²) in [5.74, 6) is 0. The Morgan fingerprint density at radius 1 is 0.912 bits per heavy atom. The third kappa shape index (κ3) is 8.20. The second kappa shape index (κ2) is 11.8. The van der Waals surface area contributed by atoms with Crippen molar-refractivity contribution < 1.29 is 4.74 Å². The molecule has 34 heavy (non-hydrogen) atoms. The van der Waals surface area contributed by atoms with Crippen LogP contribution in [-0.4, -0.2) is 56.2 Å². The lowest BCUT2D eigenvalue weighted by Crippen LogP contribution is -2.36. The molecule has 0 atom stereocenters. The predicted molar refractivity (Wildman–Crippen MR) is 144 cm³/mol. The molecule has 0 aliphatic carbocycles. The fourth-order valence-corrected chi connectivity index (χ4v) is 4.60. The van der Waals surface area contributed by atoms with E-state index in [0.717, 1.165) is 59.0 Å². The number of rotatable bonds is 9. The van der Waals surface area contributed by atoms with E-state index >= 15 is 0 Å². The maximum atomic E-state index is 5.53. The number of nitrogens with zero attached hydrogens (tertiary/aromatic N) is 2. The van der Waals surface area contributed by atoms with Gasteiger partial charge < -0.3 is 15.0 Å². The van der Waals surface area contributed by atoms with Gasteiger partial charge in [0.1, 0.15) is 0 Å². The van der Waals surface area contributed by atoms with E-state index in [1.165, 1.54) is 27.8 Å². The van der Waals surface area contributed by atoms with Gasteiger partial charge in [0.05, 0.1) is 13.2 Å². The Morgan fingerprint density at radius 2 is 1.65 bits per heavy atom. The van der Waals surface area contributed by atoms with Crippen LogP contribution in [-0.2, 0) is 35.2 Å². The summed E-state index contributed by atoms with van der Waals surface area (Å²) in [5, 5.41) is 3.63. The smallest absolute Gasteiger partial charge is 0.0594 e. The third-order valence-corrected chi connectivity index (χ3v) is 6.72. The van der Waals surface area contributed by atoms with Crippen LogP contribution in [0.1, 0.15) is 69.4 Å². The van der Waals surface area contributed by atoms with Crippen LogP contribution in [0.3, 0.4) is 0 Å². The van der Waals surface area contributed by atoms with Crippen LogP contribution in [0.25, 0.3) is 0 Å². The maximum absolute atomic E-state index is 5.53. The summed E-state index contributed by atoms with van der Waals surface area (Å²) in [7, 11) is 2.22. The van der Waals surface area contributed by atoms with Gasteiger partial charge in [-0.15, -0.1) is 0 Å². The van der Waals surface area contributed by atoms with Gasteiger partial charge in [0, 0.05) is 45.8 Å². The topological polar surface area (TPSA) is 27.7 Å². The molecule has 0 saturated carbocycles. The van der Waals surface area contributed by atoms with Crippen molar-refractivity contribution in [2.24, 2.45) is 0 Å². The Morgan fingerprint density at radius 3 is 2.32 bits per heavy atom. The zero-order valence-corrected chi connectivity index (χ0v) is 22.7. The van der Waals surface area contributed by atoms with Crippen molar-refractivity contribution in [3.63, 3.8) is 0 Å². The van der Waals surface area contributed by atoms with E-state index in [1.54, 1.807) is 0 Å². The molecule has 1 saturated heterocycles. The fourth-order valence-electron chi connectivity index (χ4n) is 4.60. The molecule has 4 nitrogen and oxygen atoms in total. The molecule has 2 aromatic rings. The quantitative estimate of drug-likeness (QED) is 0.506. The van der Waals surface area contributed by atoms with E-state index < -0.39 is 0 Å². The SMILES string of the molecule is CN(CCNCc1cccc(C(C)(C)C)c1)Cc1ccc(CN2CCOCC2)c(C(C)(C)C)c1. The lowest BCUT2D eigenvalue weighted by atomic mass is 9.82. The summed E-state index contributed by atoms with van der Waals surface area (Å²) in [6, 6.07) is 16.1. The number of benzene rings is 2. The van der Waals surface area contributed by atoms with Crippen LogP contribution in [0, 0.1) is 0 Å². The number of morpholine rings is 1. The Bertz CT molecular complexity index is 904. The first-order valence-corrected chi connectivity index (χ1v) is 12.9. The van der Waals surface area contributed by atoms with Gasteiger partial charge in [0.2, 0.25) is 0 Å². The van der Waals surface area contributed by atoms with Crippen molar-refractivity contribution in [3.05, 3.63) is 70.3 Å². The number of hydrogen-bond acceptors (Lipinski definition) is 4. The highest BCUT2D eigenvalue weighted by Crippen LogP contribution is 2.28. The predicted octanol–water partition coefficient (Wildman–Crippen LogP) is 5.34. The van der Waals surface area contributed by atoms with Crippen LogP contribution < -0.4 is 5.32 Å².